The maximum Gasteiger partial charge on any atom is 0.235 e. The van der Waals surface area contributed by atoms with Crippen molar-refractivity contribution in [3.05, 3.63) is 29.3 Å². The molecule has 1 aromatic rings. The van der Waals surface area contributed by atoms with Crippen LogP contribution in [0.5, 0.6) is 5.75 Å². The van der Waals surface area contributed by atoms with Crippen molar-refractivity contribution in [1.29, 1.82) is 0 Å². The molecule has 1 aromatic carbocycles. The monoisotopic (exact) mass is 225 g/mol. The normalized spacial score (nSPS) is 17.4. The fourth-order valence-electron chi connectivity index (χ4n) is 1.96. The molecule has 1 aliphatic rings. The molecule has 1 fully saturated rings. The van der Waals surface area contributed by atoms with E-state index in [0.29, 0.717) is 18.9 Å². The van der Waals surface area contributed by atoms with Crippen LogP contribution < -0.4 is 0 Å². The molecule has 1 N–H and O–H groups in total. The van der Waals surface area contributed by atoms with Crippen molar-refractivity contribution in [2.45, 2.75) is 24.8 Å². The number of isocyanates is 1. The van der Waals surface area contributed by atoms with Crippen LogP contribution in [-0.2, 0) is 10.3 Å². The Labute approximate surface area is 90.4 Å². The summed E-state index contributed by atoms with van der Waals surface area (Å²) in [5.41, 5.74) is -0.964. The van der Waals surface area contributed by atoms with Crippen LogP contribution in [-0.4, -0.2) is 11.2 Å². The molecule has 0 aromatic heterocycles. The number of halogens is 2. The molecule has 1 aliphatic carbocycles. The summed E-state index contributed by atoms with van der Waals surface area (Å²) in [5.74, 6) is -2.47. The lowest BCUT2D eigenvalue weighted by atomic mass is 9.72. The number of hydrogen-bond acceptors (Lipinski definition) is 3. The molecular formula is C11H9F2NO2. The maximum atomic E-state index is 13.1. The standard InChI is InChI=1S/C11H9F2NO2/c12-7-4-8(10(16)9(13)5-7)11(14-6-15)2-1-3-11/h4-5,16H,1-3H2. The van der Waals surface area contributed by atoms with Gasteiger partial charge in [-0.3, -0.25) is 0 Å². The number of rotatable bonds is 2. The van der Waals surface area contributed by atoms with Crippen LogP contribution in [0.3, 0.4) is 0 Å². The van der Waals surface area contributed by atoms with E-state index in [2.05, 4.69) is 4.99 Å². The number of carbonyl (C=O) groups excluding carboxylic acids is 1. The molecule has 0 aliphatic heterocycles. The minimum atomic E-state index is -1.04. The fraction of sp³-hybridized carbons (Fsp3) is 0.364. The Balaban J connectivity index is 2.58. The van der Waals surface area contributed by atoms with Crippen molar-refractivity contribution in [2.24, 2.45) is 4.99 Å². The molecule has 0 radical (unpaired) electrons. The lowest BCUT2D eigenvalue weighted by Gasteiger charge is -2.37. The minimum Gasteiger partial charge on any atom is -0.505 e. The van der Waals surface area contributed by atoms with E-state index in [1.165, 1.54) is 6.08 Å². The molecule has 0 spiro atoms. The van der Waals surface area contributed by atoms with E-state index >= 15 is 0 Å². The lowest BCUT2D eigenvalue weighted by molar-refractivity contribution is 0.244. The van der Waals surface area contributed by atoms with E-state index in [1.54, 1.807) is 0 Å². The third-order valence-corrected chi connectivity index (χ3v) is 2.97. The highest BCUT2D eigenvalue weighted by Crippen LogP contribution is 2.48. The first-order chi connectivity index (χ1) is 7.59. The minimum absolute atomic E-state index is 0.0274. The highest BCUT2D eigenvalue weighted by molar-refractivity contribution is 5.45. The first kappa shape index (κ1) is 10.8. The average molecular weight is 225 g/mol. The Bertz CT molecular complexity index is 477. The number of hydrogen-bond donors (Lipinski definition) is 1. The van der Waals surface area contributed by atoms with Crippen LogP contribution in [0.15, 0.2) is 17.1 Å². The Morgan fingerprint density at radius 3 is 2.56 bits per heavy atom. The Morgan fingerprint density at radius 2 is 2.06 bits per heavy atom. The van der Waals surface area contributed by atoms with Crippen LogP contribution in [0, 0.1) is 11.6 Å². The number of aromatic hydroxyl groups is 1. The molecule has 0 amide bonds. The van der Waals surface area contributed by atoms with Gasteiger partial charge in [0.1, 0.15) is 11.4 Å². The van der Waals surface area contributed by atoms with Gasteiger partial charge in [-0.05, 0) is 25.3 Å². The molecule has 16 heavy (non-hydrogen) atoms. The SMILES string of the molecule is O=C=NC1(c2cc(F)cc(F)c2O)CCC1. The zero-order valence-corrected chi connectivity index (χ0v) is 8.33. The van der Waals surface area contributed by atoms with Crippen LogP contribution in [0.4, 0.5) is 8.78 Å². The van der Waals surface area contributed by atoms with E-state index in [0.717, 1.165) is 12.5 Å². The predicted octanol–water partition coefficient (Wildman–Crippen LogP) is 2.39. The van der Waals surface area contributed by atoms with Gasteiger partial charge in [0.05, 0.1) is 0 Å². The van der Waals surface area contributed by atoms with Crippen LogP contribution in [0.1, 0.15) is 24.8 Å². The molecule has 3 nitrogen and oxygen atoms in total. The van der Waals surface area contributed by atoms with Crippen molar-refractivity contribution in [2.75, 3.05) is 0 Å². The van der Waals surface area contributed by atoms with Crippen LogP contribution in [0.25, 0.3) is 0 Å². The van der Waals surface area contributed by atoms with Gasteiger partial charge in [0.15, 0.2) is 11.6 Å². The topological polar surface area (TPSA) is 49.7 Å². The van der Waals surface area contributed by atoms with Crippen molar-refractivity contribution in [3.8, 4) is 5.75 Å². The first-order valence-corrected chi connectivity index (χ1v) is 4.86. The van der Waals surface area contributed by atoms with E-state index in [-0.39, 0.29) is 5.56 Å². The predicted molar refractivity (Wildman–Crippen MR) is 51.7 cm³/mol. The number of nitrogens with zero attached hydrogens (tertiary/aromatic N) is 1. The summed E-state index contributed by atoms with van der Waals surface area (Å²) in [4.78, 5) is 13.9. The molecule has 0 bridgehead atoms. The summed E-state index contributed by atoms with van der Waals surface area (Å²) in [6, 6.07) is 1.61. The summed E-state index contributed by atoms with van der Waals surface area (Å²) in [7, 11) is 0. The van der Waals surface area contributed by atoms with Gasteiger partial charge in [0.25, 0.3) is 0 Å². The second-order valence-corrected chi connectivity index (χ2v) is 3.87. The zero-order valence-electron chi connectivity index (χ0n) is 8.33. The third-order valence-electron chi connectivity index (χ3n) is 2.97. The molecule has 1 saturated carbocycles. The summed E-state index contributed by atoms with van der Waals surface area (Å²) in [6.45, 7) is 0. The first-order valence-electron chi connectivity index (χ1n) is 4.86. The largest absolute Gasteiger partial charge is 0.505 e. The summed E-state index contributed by atoms with van der Waals surface area (Å²) < 4.78 is 26.2. The van der Waals surface area contributed by atoms with Gasteiger partial charge in [0, 0.05) is 11.6 Å². The highest BCUT2D eigenvalue weighted by atomic mass is 19.1. The molecule has 84 valence electrons. The molecule has 2 rings (SSSR count). The fourth-order valence-corrected chi connectivity index (χ4v) is 1.96. The molecular weight excluding hydrogens is 216 g/mol. The lowest BCUT2D eigenvalue weighted by Crippen LogP contribution is -2.32. The van der Waals surface area contributed by atoms with Gasteiger partial charge in [-0.25, -0.2) is 13.6 Å². The van der Waals surface area contributed by atoms with E-state index < -0.39 is 22.9 Å². The Morgan fingerprint density at radius 1 is 1.38 bits per heavy atom. The van der Waals surface area contributed by atoms with E-state index in [9.17, 15) is 18.7 Å². The van der Waals surface area contributed by atoms with Gasteiger partial charge >= 0.3 is 0 Å². The van der Waals surface area contributed by atoms with Crippen molar-refractivity contribution in [1.82, 2.24) is 0 Å². The second-order valence-electron chi connectivity index (χ2n) is 3.87. The van der Waals surface area contributed by atoms with Crippen LogP contribution >= 0.6 is 0 Å². The number of benzene rings is 1. The number of phenols is 1. The average Bonchev–Trinajstić information content (AvgIpc) is 2.17. The van der Waals surface area contributed by atoms with Gasteiger partial charge in [-0.15, -0.1) is 0 Å². The quantitative estimate of drug-likeness (QED) is 0.620. The molecule has 0 saturated heterocycles. The van der Waals surface area contributed by atoms with Crippen LogP contribution in [0.2, 0.25) is 0 Å². The Hall–Kier alpha value is -1.74. The molecule has 0 unspecified atom stereocenters. The second kappa shape index (κ2) is 3.68. The van der Waals surface area contributed by atoms with E-state index in [1.807, 2.05) is 0 Å². The van der Waals surface area contributed by atoms with Crippen molar-refractivity contribution in [3.63, 3.8) is 0 Å². The number of phenolic OH excluding ortho intramolecular Hbond substituents is 1. The van der Waals surface area contributed by atoms with Gasteiger partial charge in [-0.1, -0.05) is 0 Å². The van der Waals surface area contributed by atoms with Gasteiger partial charge < -0.3 is 5.11 Å². The maximum absolute atomic E-state index is 13.1. The molecule has 5 heteroatoms. The smallest absolute Gasteiger partial charge is 0.235 e. The van der Waals surface area contributed by atoms with Gasteiger partial charge in [0.2, 0.25) is 6.08 Å². The third kappa shape index (κ3) is 1.49. The summed E-state index contributed by atoms with van der Waals surface area (Å²) >= 11 is 0. The van der Waals surface area contributed by atoms with Crippen molar-refractivity contribution >= 4 is 6.08 Å². The number of aliphatic imine (C=N–C) groups is 1. The molecule has 0 atom stereocenters. The van der Waals surface area contributed by atoms with Crippen molar-refractivity contribution < 1.29 is 18.7 Å². The summed E-state index contributed by atoms with van der Waals surface area (Å²) in [5, 5.41) is 9.52. The highest BCUT2D eigenvalue weighted by Gasteiger charge is 2.41. The zero-order chi connectivity index (χ0) is 11.8. The molecule has 0 heterocycles. The van der Waals surface area contributed by atoms with E-state index in [4.69, 9.17) is 0 Å². The van der Waals surface area contributed by atoms with Gasteiger partial charge in [-0.2, -0.15) is 4.99 Å². The Kier molecular flexibility index (Phi) is 2.48. The summed E-state index contributed by atoms with van der Waals surface area (Å²) in [6.07, 6.45) is 3.16.